The normalized spacial score (nSPS) is 10.4. The van der Waals surface area contributed by atoms with Crippen LogP contribution in [0.3, 0.4) is 0 Å². The van der Waals surface area contributed by atoms with Gasteiger partial charge in [0.15, 0.2) is 0 Å². The van der Waals surface area contributed by atoms with Gasteiger partial charge in [-0.25, -0.2) is 4.39 Å². The summed E-state index contributed by atoms with van der Waals surface area (Å²) in [6.45, 7) is 3.34. The molecule has 0 fully saturated rings. The molecule has 0 unspecified atom stereocenters. The van der Waals surface area contributed by atoms with Crippen molar-refractivity contribution in [3.8, 4) is 0 Å². The van der Waals surface area contributed by atoms with Gasteiger partial charge in [0, 0.05) is 11.3 Å². The Morgan fingerprint density at radius 3 is 2.72 bits per heavy atom. The van der Waals surface area contributed by atoms with Crippen LogP contribution in [-0.2, 0) is 0 Å². The van der Waals surface area contributed by atoms with Crippen LogP contribution in [-0.4, -0.2) is 16.1 Å². The molecule has 18 heavy (non-hydrogen) atoms. The lowest BCUT2D eigenvalue weighted by atomic mass is 10.1. The molecule has 0 aliphatic rings. The Balaban J connectivity index is 2.32. The van der Waals surface area contributed by atoms with E-state index in [4.69, 9.17) is 5.73 Å². The minimum Gasteiger partial charge on any atom is -0.399 e. The second kappa shape index (κ2) is 4.48. The summed E-state index contributed by atoms with van der Waals surface area (Å²) in [6.07, 6.45) is 1.57. The number of hydrogen-bond acceptors (Lipinski definition) is 3. The van der Waals surface area contributed by atoms with Gasteiger partial charge in [-0.05, 0) is 31.5 Å². The van der Waals surface area contributed by atoms with Gasteiger partial charge in [-0.2, -0.15) is 5.10 Å². The summed E-state index contributed by atoms with van der Waals surface area (Å²) in [7, 11) is 0. The summed E-state index contributed by atoms with van der Waals surface area (Å²) in [5.74, 6) is -0.686. The standard InChI is InChI=1S/C12H13FN4O/c1-6-3-8(14)4-9(10(6)13)12(18)16-11-7(2)5-15-17-11/h3-5H,14H2,1-2H3,(H2,15,16,17,18). The molecule has 1 heterocycles. The predicted molar refractivity (Wildman–Crippen MR) is 66.8 cm³/mol. The number of carbonyl (C=O) groups is 1. The molecule has 0 aliphatic heterocycles. The number of halogens is 1. The lowest BCUT2D eigenvalue weighted by Crippen LogP contribution is -2.15. The lowest BCUT2D eigenvalue weighted by molar-refractivity contribution is 0.102. The largest absolute Gasteiger partial charge is 0.399 e. The number of nitrogens with one attached hydrogen (secondary N) is 2. The van der Waals surface area contributed by atoms with E-state index in [0.717, 1.165) is 5.56 Å². The van der Waals surface area contributed by atoms with E-state index in [9.17, 15) is 9.18 Å². The lowest BCUT2D eigenvalue weighted by Gasteiger charge is -2.08. The average molecular weight is 248 g/mol. The first-order chi connectivity index (χ1) is 8.49. The zero-order chi connectivity index (χ0) is 13.3. The van der Waals surface area contributed by atoms with Crippen LogP contribution in [0.4, 0.5) is 15.9 Å². The van der Waals surface area contributed by atoms with E-state index >= 15 is 0 Å². The summed E-state index contributed by atoms with van der Waals surface area (Å²) in [5, 5.41) is 8.94. The van der Waals surface area contributed by atoms with Crippen molar-refractivity contribution in [3.05, 3.63) is 40.8 Å². The zero-order valence-electron chi connectivity index (χ0n) is 10.0. The van der Waals surface area contributed by atoms with E-state index in [1.807, 2.05) is 0 Å². The summed E-state index contributed by atoms with van der Waals surface area (Å²) in [6, 6.07) is 2.79. The molecule has 2 rings (SSSR count). The number of nitrogen functional groups attached to an aromatic ring is 1. The fourth-order valence-electron chi connectivity index (χ4n) is 1.62. The maximum absolute atomic E-state index is 13.8. The van der Waals surface area contributed by atoms with Gasteiger partial charge in [0.05, 0.1) is 11.8 Å². The molecule has 0 saturated heterocycles. The molecule has 1 aromatic carbocycles. The number of carbonyl (C=O) groups excluding carboxylic acids is 1. The van der Waals surface area contributed by atoms with Gasteiger partial charge in [0.1, 0.15) is 11.6 Å². The van der Waals surface area contributed by atoms with Crippen LogP contribution >= 0.6 is 0 Å². The van der Waals surface area contributed by atoms with Gasteiger partial charge in [-0.1, -0.05) is 0 Å². The minimum atomic E-state index is -0.570. The van der Waals surface area contributed by atoms with E-state index in [-0.39, 0.29) is 5.56 Å². The number of amides is 1. The summed E-state index contributed by atoms with van der Waals surface area (Å²) in [5.41, 5.74) is 6.97. The van der Waals surface area contributed by atoms with Crippen LogP contribution in [0.2, 0.25) is 0 Å². The number of nitrogens with two attached hydrogens (primary N) is 1. The molecule has 5 nitrogen and oxygen atoms in total. The molecule has 1 aromatic heterocycles. The number of hydrogen-bond donors (Lipinski definition) is 3. The Kier molecular flexibility index (Phi) is 3.01. The second-order valence-corrected chi connectivity index (χ2v) is 4.08. The number of benzene rings is 1. The quantitative estimate of drug-likeness (QED) is 0.711. The third-order valence-electron chi connectivity index (χ3n) is 2.59. The van der Waals surface area contributed by atoms with E-state index in [1.54, 1.807) is 20.0 Å². The SMILES string of the molecule is Cc1cn[nH]c1NC(=O)c1cc(N)cc(C)c1F. The van der Waals surface area contributed by atoms with Crippen LogP contribution in [0, 0.1) is 19.7 Å². The topological polar surface area (TPSA) is 83.8 Å². The highest BCUT2D eigenvalue weighted by atomic mass is 19.1. The third-order valence-corrected chi connectivity index (χ3v) is 2.59. The van der Waals surface area contributed by atoms with Gasteiger partial charge in [0.2, 0.25) is 0 Å². The molecule has 0 radical (unpaired) electrons. The number of aromatic nitrogens is 2. The molecular formula is C12H13FN4O. The molecular weight excluding hydrogens is 235 g/mol. The Morgan fingerprint density at radius 2 is 2.11 bits per heavy atom. The van der Waals surface area contributed by atoms with Crippen molar-refractivity contribution in [2.45, 2.75) is 13.8 Å². The van der Waals surface area contributed by atoms with Crippen molar-refractivity contribution >= 4 is 17.4 Å². The highest BCUT2D eigenvalue weighted by Gasteiger charge is 2.16. The molecule has 1 amide bonds. The predicted octanol–water partition coefficient (Wildman–Crippen LogP) is 2.00. The maximum Gasteiger partial charge on any atom is 0.259 e. The van der Waals surface area contributed by atoms with E-state index in [2.05, 4.69) is 15.5 Å². The molecule has 0 spiro atoms. The Labute approximate surface area is 103 Å². The molecule has 0 aliphatic carbocycles. The van der Waals surface area contributed by atoms with Crippen molar-refractivity contribution in [2.24, 2.45) is 0 Å². The van der Waals surface area contributed by atoms with Crippen molar-refractivity contribution in [3.63, 3.8) is 0 Å². The van der Waals surface area contributed by atoms with E-state index < -0.39 is 11.7 Å². The molecule has 2 aromatic rings. The molecule has 0 bridgehead atoms. The van der Waals surface area contributed by atoms with Crippen molar-refractivity contribution in [2.75, 3.05) is 11.1 Å². The highest BCUT2D eigenvalue weighted by molar-refractivity contribution is 6.04. The smallest absolute Gasteiger partial charge is 0.259 e. The number of aryl methyl sites for hydroxylation is 2. The first kappa shape index (κ1) is 12.1. The van der Waals surface area contributed by atoms with Crippen LogP contribution in [0.15, 0.2) is 18.3 Å². The number of rotatable bonds is 2. The van der Waals surface area contributed by atoms with Gasteiger partial charge >= 0.3 is 0 Å². The molecule has 0 atom stereocenters. The van der Waals surface area contributed by atoms with Crippen molar-refractivity contribution < 1.29 is 9.18 Å². The van der Waals surface area contributed by atoms with Gasteiger partial charge in [-0.3, -0.25) is 9.89 Å². The second-order valence-electron chi connectivity index (χ2n) is 4.08. The Hall–Kier alpha value is -2.37. The van der Waals surface area contributed by atoms with Crippen molar-refractivity contribution in [1.29, 1.82) is 0 Å². The number of H-pyrrole nitrogens is 1. The molecule has 6 heteroatoms. The number of aromatic amines is 1. The first-order valence-electron chi connectivity index (χ1n) is 5.36. The molecule has 4 N–H and O–H groups in total. The fraction of sp³-hybridized carbons (Fsp3) is 0.167. The van der Waals surface area contributed by atoms with Crippen LogP contribution < -0.4 is 11.1 Å². The summed E-state index contributed by atoms with van der Waals surface area (Å²) >= 11 is 0. The molecule has 0 saturated carbocycles. The van der Waals surface area contributed by atoms with Crippen molar-refractivity contribution in [1.82, 2.24) is 10.2 Å². The Morgan fingerprint density at radius 1 is 1.39 bits per heavy atom. The summed E-state index contributed by atoms with van der Waals surface area (Å²) < 4.78 is 13.8. The van der Waals surface area contributed by atoms with Crippen LogP contribution in [0.5, 0.6) is 0 Å². The Bertz CT molecular complexity index is 606. The van der Waals surface area contributed by atoms with E-state index in [0.29, 0.717) is 17.1 Å². The average Bonchev–Trinajstić information content (AvgIpc) is 2.69. The van der Waals surface area contributed by atoms with Gasteiger partial charge < -0.3 is 11.1 Å². The highest BCUT2D eigenvalue weighted by Crippen LogP contribution is 2.19. The van der Waals surface area contributed by atoms with Crippen LogP contribution in [0.25, 0.3) is 0 Å². The zero-order valence-corrected chi connectivity index (χ0v) is 10.0. The minimum absolute atomic E-state index is 0.0819. The fourth-order valence-corrected chi connectivity index (χ4v) is 1.62. The van der Waals surface area contributed by atoms with Crippen LogP contribution in [0.1, 0.15) is 21.5 Å². The van der Waals surface area contributed by atoms with Gasteiger partial charge in [0.25, 0.3) is 5.91 Å². The maximum atomic E-state index is 13.8. The van der Waals surface area contributed by atoms with E-state index in [1.165, 1.54) is 12.1 Å². The summed E-state index contributed by atoms with van der Waals surface area (Å²) in [4.78, 5) is 11.9. The third kappa shape index (κ3) is 2.17. The van der Waals surface area contributed by atoms with Gasteiger partial charge in [-0.15, -0.1) is 0 Å². The first-order valence-corrected chi connectivity index (χ1v) is 5.36. The monoisotopic (exact) mass is 248 g/mol. The number of nitrogens with zero attached hydrogens (tertiary/aromatic N) is 1. The number of anilines is 2. The molecule has 94 valence electrons.